The van der Waals surface area contributed by atoms with Crippen molar-refractivity contribution in [1.29, 1.82) is 0 Å². The van der Waals surface area contributed by atoms with Gasteiger partial charge in [-0.2, -0.15) is 0 Å². The molecule has 0 saturated carbocycles. The lowest BCUT2D eigenvalue weighted by molar-refractivity contribution is 0.0909. The summed E-state index contributed by atoms with van der Waals surface area (Å²) in [5.41, 5.74) is 2.16. The van der Waals surface area contributed by atoms with Crippen LogP contribution in [0.5, 0.6) is 0 Å². The molecule has 22 heavy (non-hydrogen) atoms. The Labute approximate surface area is 128 Å². The van der Waals surface area contributed by atoms with Gasteiger partial charge in [0.1, 0.15) is 0 Å². The van der Waals surface area contributed by atoms with E-state index < -0.39 is 17.6 Å². The number of aliphatic hydroxyl groups is 1. The Morgan fingerprint density at radius 1 is 1.32 bits per heavy atom. The molecule has 1 heterocycles. The maximum absolute atomic E-state index is 12.0. The number of H-pyrrole nitrogens is 1. The summed E-state index contributed by atoms with van der Waals surface area (Å²) in [7, 11) is 0. The Morgan fingerprint density at radius 3 is 2.68 bits per heavy atom. The molecule has 1 aromatic carbocycles. The number of aromatic nitrogens is 2. The fraction of sp³-hybridized carbons (Fsp3) is 0.312. The smallest absolute Gasteiger partial charge is 0.279 e. The van der Waals surface area contributed by atoms with E-state index in [4.69, 9.17) is 0 Å². The quantitative estimate of drug-likeness (QED) is 0.789. The molecule has 2 rings (SSSR count). The van der Waals surface area contributed by atoms with Crippen LogP contribution < -0.4 is 10.9 Å². The standard InChI is InChI=1S/C16H19N3O3/c1-9-6-4-5-7-12(9)13(20)8-17-15(21)14-16(22)19-11(3)10(2)18-14/h4-7,13,20H,8H2,1-3H3,(H,17,21)(H,19,22). The average molecular weight is 301 g/mol. The summed E-state index contributed by atoms with van der Waals surface area (Å²) in [6, 6.07) is 7.38. The summed E-state index contributed by atoms with van der Waals surface area (Å²) in [5, 5.41) is 12.7. The molecule has 0 spiro atoms. The van der Waals surface area contributed by atoms with Gasteiger partial charge in [0.05, 0.1) is 11.8 Å². The Hall–Kier alpha value is -2.47. The Bertz CT molecular complexity index is 753. The van der Waals surface area contributed by atoms with Gasteiger partial charge >= 0.3 is 0 Å². The van der Waals surface area contributed by atoms with E-state index in [0.717, 1.165) is 11.1 Å². The lowest BCUT2D eigenvalue weighted by Crippen LogP contribution is -2.34. The van der Waals surface area contributed by atoms with Crippen molar-refractivity contribution in [2.75, 3.05) is 6.54 Å². The number of hydrogen-bond acceptors (Lipinski definition) is 4. The maximum atomic E-state index is 12.0. The minimum absolute atomic E-state index is 0.0116. The molecule has 0 fully saturated rings. The van der Waals surface area contributed by atoms with Gasteiger partial charge in [-0.15, -0.1) is 0 Å². The molecule has 1 unspecified atom stereocenters. The second kappa shape index (κ2) is 6.53. The van der Waals surface area contributed by atoms with E-state index in [1.165, 1.54) is 0 Å². The van der Waals surface area contributed by atoms with Gasteiger partial charge in [0, 0.05) is 12.2 Å². The highest BCUT2D eigenvalue weighted by atomic mass is 16.3. The van der Waals surface area contributed by atoms with E-state index in [2.05, 4.69) is 15.3 Å². The topological polar surface area (TPSA) is 95.1 Å². The number of carbonyl (C=O) groups excluding carboxylic acids is 1. The number of aromatic amines is 1. The van der Waals surface area contributed by atoms with Crippen LogP contribution in [-0.2, 0) is 0 Å². The lowest BCUT2D eigenvalue weighted by atomic mass is 10.0. The zero-order valence-electron chi connectivity index (χ0n) is 12.8. The van der Waals surface area contributed by atoms with Gasteiger partial charge in [-0.3, -0.25) is 9.59 Å². The molecule has 3 N–H and O–H groups in total. The maximum Gasteiger partial charge on any atom is 0.279 e. The normalized spacial score (nSPS) is 12.0. The summed E-state index contributed by atoms with van der Waals surface area (Å²) in [4.78, 5) is 30.4. The molecule has 0 aliphatic rings. The number of hydrogen-bond donors (Lipinski definition) is 3. The monoisotopic (exact) mass is 301 g/mol. The van der Waals surface area contributed by atoms with Crippen LogP contribution >= 0.6 is 0 Å². The van der Waals surface area contributed by atoms with Crippen LogP contribution in [-0.4, -0.2) is 27.5 Å². The first-order valence-electron chi connectivity index (χ1n) is 6.99. The van der Waals surface area contributed by atoms with Gasteiger partial charge in [-0.25, -0.2) is 4.98 Å². The molecule has 1 atom stereocenters. The van der Waals surface area contributed by atoms with Gasteiger partial charge < -0.3 is 15.4 Å². The Morgan fingerprint density at radius 2 is 2.00 bits per heavy atom. The first kappa shape index (κ1) is 15.9. The molecule has 0 aliphatic heterocycles. The molecule has 0 bridgehead atoms. The highest BCUT2D eigenvalue weighted by Gasteiger charge is 2.16. The van der Waals surface area contributed by atoms with E-state index in [0.29, 0.717) is 11.4 Å². The molecule has 0 saturated heterocycles. The van der Waals surface area contributed by atoms with Crippen LogP contribution in [0.2, 0.25) is 0 Å². The molecular formula is C16H19N3O3. The van der Waals surface area contributed by atoms with Crippen molar-refractivity contribution in [2.45, 2.75) is 26.9 Å². The summed E-state index contributed by atoms with van der Waals surface area (Å²) in [6.07, 6.45) is -0.837. The average Bonchev–Trinajstić information content (AvgIpc) is 2.48. The largest absolute Gasteiger partial charge is 0.387 e. The molecule has 2 aromatic rings. The van der Waals surface area contributed by atoms with E-state index in [-0.39, 0.29) is 12.2 Å². The molecule has 0 radical (unpaired) electrons. The fourth-order valence-corrected chi connectivity index (χ4v) is 2.12. The van der Waals surface area contributed by atoms with Crippen molar-refractivity contribution < 1.29 is 9.90 Å². The van der Waals surface area contributed by atoms with Crippen LogP contribution in [0.4, 0.5) is 0 Å². The number of aliphatic hydroxyl groups excluding tert-OH is 1. The van der Waals surface area contributed by atoms with Gasteiger partial charge in [0.15, 0.2) is 5.69 Å². The number of rotatable bonds is 4. The number of benzene rings is 1. The highest BCUT2D eigenvalue weighted by molar-refractivity contribution is 5.91. The third kappa shape index (κ3) is 3.40. The number of aryl methyl sites for hydroxylation is 3. The van der Waals surface area contributed by atoms with Crippen molar-refractivity contribution in [1.82, 2.24) is 15.3 Å². The van der Waals surface area contributed by atoms with E-state index >= 15 is 0 Å². The second-order valence-corrected chi connectivity index (χ2v) is 5.21. The predicted octanol–water partition coefficient (Wildman–Crippen LogP) is 1.16. The molecule has 6 heteroatoms. The molecule has 1 aromatic heterocycles. The van der Waals surface area contributed by atoms with Crippen LogP contribution in [0.15, 0.2) is 29.1 Å². The second-order valence-electron chi connectivity index (χ2n) is 5.21. The van der Waals surface area contributed by atoms with Crippen molar-refractivity contribution in [3.05, 3.63) is 62.8 Å². The summed E-state index contributed by atoms with van der Waals surface area (Å²) >= 11 is 0. The molecule has 0 aliphatic carbocycles. The van der Waals surface area contributed by atoms with Crippen LogP contribution in [0, 0.1) is 20.8 Å². The third-order valence-electron chi connectivity index (χ3n) is 3.56. The van der Waals surface area contributed by atoms with Crippen molar-refractivity contribution in [3.8, 4) is 0 Å². The molecule has 116 valence electrons. The van der Waals surface area contributed by atoms with Crippen molar-refractivity contribution >= 4 is 5.91 Å². The number of nitrogens with zero attached hydrogens (tertiary/aromatic N) is 1. The number of carbonyl (C=O) groups is 1. The predicted molar refractivity (Wildman–Crippen MR) is 82.8 cm³/mol. The zero-order chi connectivity index (χ0) is 16.3. The van der Waals surface area contributed by atoms with Gasteiger partial charge in [0.2, 0.25) is 0 Å². The van der Waals surface area contributed by atoms with Crippen LogP contribution in [0.3, 0.4) is 0 Å². The molecule has 6 nitrogen and oxygen atoms in total. The van der Waals surface area contributed by atoms with Crippen LogP contribution in [0.1, 0.15) is 39.1 Å². The van der Waals surface area contributed by atoms with E-state index in [9.17, 15) is 14.7 Å². The van der Waals surface area contributed by atoms with Crippen LogP contribution in [0.25, 0.3) is 0 Å². The Balaban J connectivity index is 2.09. The van der Waals surface area contributed by atoms with Gasteiger partial charge in [-0.1, -0.05) is 24.3 Å². The Kier molecular flexibility index (Phi) is 4.72. The minimum Gasteiger partial charge on any atom is -0.387 e. The highest BCUT2D eigenvalue weighted by Crippen LogP contribution is 2.16. The van der Waals surface area contributed by atoms with Crippen molar-refractivity contribution in [3.63, 3.8) is 0 Å². The molecular weight excluding hydrogens is 282 g/mol. The summed E-state index contributed by atoms with van der Waals surface area (Å²) < 4.78 is 0. The van der Waals surface area contributed by atoms with Gasteiger partial charge in [0.25, 0.3) is 11.5 Å². The van der Waals surface area contributed by atoms with Crippen molar-refractivity contribution in [2.24, 2.45) is 0 Å². The van der Waals surface area contributed by atoms with E-state index in [1.807, 2.05) is 25.1 Å². The van der Waals surface area contributed by atoms with Gasteiger partial charge in [-0.05, 0) is 31.9 Å². The van der Waals surface area contributed by atoms with E-state index in [1.54, 1.807) is 19.9 Å². The summed E-state index contributed by atoms with van der Waals surface area (Å²) in [5.74, 6) is -0.600. The zero-order valence-corrected chi connectivity index (χ0v) is 12.8. The lowest BCUT2D eigenvalue weighted by Gasteiger charge is -2.14. The molecule has 1 amide bonds. The first-order valence-corrected chi connectivity index (χ1v) is 6.99. The SMILES string of the molecule is Cc1ccccc1C(O)CNC(=O)c1nc(C)c(C)[nH]c1=O. The fourth-order valence-electron chi connectivity index (χ4n) is 2.12. The first-order chi connectivity index (χ1) is 10.4. The number of amides is 1. The number of nitrogens with one attached hydrogen (secondary N) is 2. The minimum atomic E-state index is -0.837. The summed E-state index contributed by atoms with van der Waals surface area (Å²) in [6.45, 7) is 5.32. The third-order valence-corrected chi connectivity index (χ3v) is 3.56.